The zero-order valence-electron chi connectivity index (χ0n) is 27.2. The summed E-state index contributed by atoms with van der Waals surface area (Å²) in [6.45, 7) is -3.15. The van der Waals surface area contributed by atoms with Gasteiger partial charge >= 0.3 is 0 Å². The summed E-state index contributed by atoms with van der Waals surface area (Å²) in [7, 11) is 3.00. The van der Waals surface area contributed by atoms with Gasteiger partial charge in [-0.1, -0.05) is 84.3 Å². The Morgan fingerprint density at radius 2 is 1.53 bits per heavy atom. The fourth-order valence-electron chi connectivity index (χ4n) is 4.25. The first kappa shape index (κ1) is 16.1. The number of likely N-dealkylation sites (N-methyl/N-ethyl adjacent to an activating group) is 1. The second-order valence-electron chi connectivity index (χ2n) is 8.63. The Hall–Kier alpha value is -2.66. The molecule has 1 saturated heterocycles. The molecular weight excluding hydrogens is 444 g/mol. The molecule has 0 saturated carbocycles. The molecule has 0 aliphatic carbocycles. The molecule has 1 heterocycles. The summed E-state index contributed by atoms with van der Waals surface area (Å²) in [5.74, 6) is -0.646. The maximum absolute atomic E-state index is 14.2. The van der Waals surface area contributed by atoms with Crippen LogP contribution in [0.4, 0.5) is 0 Å². The van der Waals surface area contributed by atoms with Gasteiger partial charge in [-0.25, -0.2) is 0 Å². The zero-order valence-corrected chi connectivity index (χ0v) is 20.0. The van der Waals surface area contributed by atoms with Crippen molar-refractivity contribution in [3.63, 3.8) is 0 Å². The average Bonchev–Trinajstić information content (AvgIpc) is 2.96. The average molecular weight is 485 g/mol. The standard InChI is InChI=1S/C29H33ClN2O2/c1-31(2)27(33)29(24-9-5-3-6-10-24,25-11-7-4-8-12-25)19-22-32-20-17-28(34,18-21-32)23-13-15-26(30)16-14-23/h3-16,34H,17-22H2,1-2H3/i13D,14D,15D,16D,19D2,22D2. The summed E-state index contributed by atoms with van der Waals surface area (Å²) < 4.78 is 70.3. The van der Waals surface area contributed by atoms with Crippen molar-refractivity contribution < 1.29 is 20.9 Å². The topological polar surface area (TPSA) is 43.8 Å². The molecule has 0 spiro atoms. The minimum absolute atomic E-state index is 0.193. The lowest BCUT2D eigenvalue weighted by Crippen LogP contribution is -2.48. The zero-order chi connectivity index (χ0) is 31.3. The van der Waals surface area contributed by atoms with Gasteiger partial charge in [0, 0.05) is 37.7 Å². The minimum atomic E-state index is -2.87. The highest BCUT2D eigenvalue weighted by atomic mass is 35.5. The summed E-state index contributed by atoms with van der Waals surface area (Å²) in [5, 5.41) is 11.2. The van der Waals surface area contributed by atoms with Crippen LogP contribution in [0.3, 0.4) is 0 Å². The van der Waals surface area contributed by atoms with Crippen molar-refractivity contribution in [3.05, 3.63) is 107 Å². The first-order valence-corrected chi connectivity index (χ1v) is 11.5. The monoisotopic (exact) mass is 484 g/mol. The van der Waals surface area contributed by atoms with Crippen molar-refractivity contribution in [1.29, 1.82) is 0 Å². The van der Waals surface area contributed by atoms with E-state index in [1.807, 2.05) is 0 Å². The number of hydrogen-bond donors (Lipinski definition) is 1. The molecule has 1 N–H and O–H groups in total. The molecule has 0 bridgehead atoms. The largest absolute Gasteiger partial charge is 0.385 e. The van der Waals surface area contributed by atoms with Crippen molar-refractivity contribution in [1.82, 2.24) is 9.80 Å². The molecule has 0 aromatic heterocycles. The lowest BCUT2D eigenvalue weighted by molar-refractivity contribution is -0.133. The summed E-state index contributed by atoms with van der Waals surface area (Å²) in [6.07, 6.45) is -3.28. The fourth-order valence-corrected chi connectivity index (χ4v) is 4.35. The fraction of sp³-hybridized carbons (Fsp3) is 0.345. The van der Waals surface area contributed by atoms with Crippen molar-refractivity contribution in [2.75, 3.05) is 33.7 Å². The normalized spacial score (nSPS) is 20.5. The molecule has 4 rings (SSSR count). The highest BCUT2D eigenvalue weighted by Crippen LogP contribution is 2.39. The van der Waals surface area contributed by atoms with Gasteiger partial charge in [0.2, 0.25) is 5.91 Å². The molecule has 1 aliphatic rings. The van der Waals surface area contributed by atoms with Crippen LogP contribution in [0, 0.1) is 0 Å². The Bertz CT molecular complexity index is 1390. The lowest BCUT2D eigenvalue weighted by Gasteiger charge is -2.41. The van der Waals surface area contributed by atoms with E-state index in [1.54, 1.807) is 60.7 Å². The molecule has 3 aromatic rings. The number of hydrogen-bond acceptors (Lipinski definition) is 3. The van der Waals surface area contributed by atoms with Gasteiger partial charge < -0.3 is 14.9 Å². The number of aliphatic hydroxyl groups is 1. The van der Waals surface area contributed by atoms with E-state index in [-0.39, 0.29) is 47.6 Å². The Morgan fingerprint density at radius 1 is 1.03 bits per heavy atom. The van der Waals surface area contributed by atoms with Gasteiger partial charge in [-0.3, -0.25) is 4.79 Å². The van der Waals surface area contributed by atoms with Gasteiger partial charge in [0.05, 0.1) is 11.1 Å². The molecule has 1 fully saturated rings. The Labute approximate surface area is 219 Å². The van der Waals surface area contributed by atoms with Crippen molar-refractivity contribution >= 4 is 17.5 Å². The van der Waals surface area contributed by atoms with Gasteiger partial charge in [0.25, 0.3) is 0 Å². The third-order valence-electron chi connectivity index (χ3n) is 6.19. The summed E-state index contributed by atoms with van der Waals surface area (Å²) >= 11 is 5.94. The van der Waals surface area contributed by atoms with Gasteiger partial charge in [0.1, 0.15) is 5.41 Å². The summed E-state index contributed by atoms with van der Waals surface area (Å²) in [6, 6.07) is 14.7. The van der Waals surface area contributed by atoms with Crippen molar-refractivity contribution in [2.24, 2.45) is 0 Å². The van der Waals surface area contributed by atoms with Gasteiger partial charge in [-0.2, -0.15) is 0 Å². The predicted molar refractivity (Wildman–Crippen MR) is 138 cm³/mol. The Balaban J connectivity index is 1.82. The van der Waals surface area contributed by atoms with Crippen LogP contribution in [-0.2, 0) is 15.8 Å². The first-order valence-electron chi connectivity index (χ1n) is 15.1. The van der Waals surface area contributed by atoms with E-state index in [0.717, 1.165) is 0 Å². The van der Waals surface area contributed by atoms with E-state index in [2.05, 4.69) is 0 Å². The molecule has 1 amide bonds. The van der Waals surface area contributed by atoms with Crippen LogP contribution in [-0.4, -0.2) is 54.5 Å². The maximum Gasteiger partial charge on any atom is 0.237 e. The van der Waals surface area contributed by atoms with E-state index in [1.165, 1.54) is 23.9 Å². The molecule has 178 valence electrons. The molecule has 5 heteroatoms. The quantitative estimate of drug-likeness (QED) is 0.508. The minimum Gasteiger partial charge on any atom is -0.385 e. The van der Waals surface area contributed by atoms with Crippen LogP contribution < -0.4 is 0 Å². The number of benzene rings is 3. The first-order chi connectivity index (χ1) is 19.6. The number of carbonyl (C=O) groups excluding carboxylic acids is 1. The molecule has 0 atom stereocenters. The number of carbonyl (C=O) groups is 1. The van der Waals surface area contributed by atoms with Crippen molar-refractivity contribution in [2.45, 2.75) is 30.2 Å². The molecule has 1 aliphatic heterocycles. The van der Waals surface area contributed by atoms with Crippen LogP contribution in [0.15, 0.2) is 84.8 Å². The number of halogens is 1. The molecule has 0 radical (unpaired) electrons. The molecule has 0 unspecified atom stereocenters. The van der Waals surface area contributed by atoms with Gasteiger partial charge in [-0.15, -0.1) is 0 Å². The number of nitrogens with zero attached hydrogens (tertiary/aromatic N) is 2. The highest BCUT2D eigenvalue weighted by Gasteiger charge is 2.43. The van der Waals surface area contributed by atoms with E-state index in [0.29, 0.717) is 0 Å². The Morgan fingerprint density at radius 3 is 2.00 bits per heavy atom. The second-order valence-corrected chi connectivity index (χ2v) is 9.00. The maximum atomic E-state index is 14.2. The van der Waals surface area contributed by atoms with Crippen LogP contribution in [0.1, 0.15) is 46.9 Å². The van der Waals surface area contributed by atoms with Crippen LogP contribution >= 0.6 is 11.6 Å². The third kappa shape index (κ3) is 4.90. The second kappa shape index (κ2) is 10.3. The summed E-state index contributed by atoms with van der Waals surface area (Å²) in [5.41, 5.74) is -3.60. The van der Waals surface area contributed by atoms with E-state index < -0.39 is 54.0 Å². The highest BCUT2D eigenvalue weighted by molar-refractivity contribution is 6.30. The summed E-state index contributed by atoms with van der Waals surface area (Å²) in [4.78, 5) is 16.7. The SMILES string of the molecule is [2H]c1c([2H])c(C2(O)CCN(C([2H])([2H])C([2H])([2H])C(C(=O)N(C)C)(c3ccccc3)c3ccccc3)CC2)c([2H])c([2H])c1Cl. The van der Waals surface area contributed by atoms with Gasteiger partial charge in [0.15, 0.2) is 0 Å². The predicted octanol–water partition coefficient (Wildman–Crippen LogP) is 5.09. The number of piperidine rings is 1. The van der Waals surface area contributed by atoms with E-state index in [9.17, 15) is 15.4 Å². The Kier molecular flexibility index (Phi) is 4.88. The van der Waals surface area contributed by atoms with Gasteiger partial charge in [-0.05, 0) is 54.5 Å². The number of amides is 1. The van der Waals surface area contributed by atoms with Crippen molar-refractivity contribution in [3.8, 4) is 0 Å². The van der Waals surface area contributed by atoms with E-state index in [4.69, 9.17) is 17.1 Å². The smallest absolute Gasteiger partial charge is 0.237 e. The molecule has 3 aromatic carbocycles. The third-order valence-corrected chi connectivity index (χ3v) is 6.38. The lowest BCUT2D eigenvalue weighted by atomic mass is 9.70. The molecular formula is C29H33ClN2O2. The van der Waals surface area contributed by atoms with Crippen LogP contribution in [0.5, 0.6) is 0 Å². The molecule has 34 heavy (non-hydrogen) atoms. The van der Waals surface area contributed by atoms with Crippen LogP contribution in [0.2, 0.25) is 5.02 Å². The number of rotatable bonds is 7. The van der Waals surface area contributed by atoms with Crippen LogP contribution in [0.25, 0.3) is 0 Å². The molecule has 4 nitrogen and oxygen atoms in total. The van der Waals surface area contributed by atoms with E-state index >= 15 is 0 Å². The number of likely N-dealkylation sites (tertiary alicyclic amines) is 1.